The summed E-state index contributed by atoms with van der Waals surface area (Å²) in [5.41, 5.74) is 1.23. The first-order chi connectivity index (χ1) is 10.6. The SMILES string of the molecule is CCC(=O)NCC(=O)N1CCN(C)CC1Cc1ccccc1. The summed E-state index contributed by atoms with van der Waals surface area (Å²) in [4.78, 5) is 27.9. The number of rotatable bonds is 5. The average molecular weight is 303 g/mol. The lowest BCUT2D eigenvalue weighted by Gasteiger charge is -2.40. The predicted octanol–water partition coefficient (Wildman–Crippen LogP) is 0.898. The highest BCUT2D eigenvalue weighted by molar-refractivity contribution is 5.84. The molecule has 0 spiro atoms. The highest BCUT2D eigenvalue weighted by atomic mass is 16.2. The Morgan fingerprint density at radius 2 is 1.95 bits per heavy atom. The lowest BCUT2D eigenvalue weighted by atomic mass is 10.0. The molecule has 22 heavy (non-hydrogen) atoms. The van der Waals surface area contributed by atoms with E-state index in [1.165, 1.54) is 5.56 Å². The van der Waals surface area contributed by atoms with Gasteiger partial charge >= 0.3 is 0 Å². The van der Waals surface area contributed by atoms with Gasteiger partial charge in [-0.15, -0.1) is 0 Å². The van der Waals surface area contributed by atoms with Crippen LogP contribution >= 0.6 is 0 Å². The van der Waals surface area contributed by atoms with Crippen LogP contribution < -0.4 is 5.32 Å². The summed E-state index contributed by atoms with van der Waals surface area (Å²) in [6.45, 7) is 4.34. The van der Waals surface area contributed by atoms with Crippen molar-refractivity contribution in [2.45, 2.75) is 25.8 Å². The van der Waals surface area contributed by atoms with E-state index in [-0.39, 0.29) is 24.4 Å². The van der Waals surface area contributed by atoms with Crippen molar-refractivity contribution in [1.29, 1.82) is 0 Å². The van der Waals surface area contributed by atoms with E-state index < -0.39 is 0 Å². The van der Waals surface area contributed by atoms with Crippen molar-refractivity contribution in [3.8, 4) is 0 Å². The summed E-state index contributed by atoms with van der Waals surface area (Å²) < 4.78 is 0. The van der Waals surface area contributed by atoms with Gasteiger partial charge in [-0.25, -0.2) is 0 Å². The van der Waals surface area contributed by atoms with Crippen molar-refractivity contribution >= 4 is 11.8 Å². The van der Waals surface area contributed by atoms with Crippen LogP contribution in [-0.4, -0.2) is 60.9 Å². The first-order valence-electron chi connectivity index (χ1n) is 7.88. The average Bonchev–Trinajstić information content (AvgIpc) is 2.53. The van der Waals surface area contributed by atoms with Crippen LogP contribution in [0.25, 0.3) is 0 Å². The molecule has 0 bridgehead atoms. The molecule has 1 aliphatic heterocycles. The topological polar surface area (TPSA) is 52.7 Å². The van der Waals surface area contributed by atoms with Gasteiger partial charge in [0.25, 0.3) is 0 Å². The van der Waals surface area contributed by atoms with Gasteiger partial charge in [0.15, 0.2) is 0 Å². The number of nitrogens with one attached hydrogen (secondary N) is 1. The monoisotopic (exact) mass is 303 g/mol. The van der Waals surface area contributed by atoms with E-state index in [0.29, 0.717) is 6.42 Å². The molecule has 0 aromatic heterocycles. The number of likely N-dealkylation sites (N-methyl/N-ethyl adjacent to an activating group) is 1. The Bertz CT molecular complexity index is 504. The minimum absolute atomic E-state index is 0.0100. The number of carbonyl (C=O) groups excluding carboxylic acids is 2. The van der Waals surface area contributed by atoms with Gasteiger partial charge in [-0.1, -0.05) is 37.3 Å². The standard InChI is InChI=1S/C17H25N3O2/c1-3-16(21)18-12-17(22)20-10-9-19(2)13-15(20)11-14-7-5-4-6-8-14/h4-8,15H,3,9-13H2,1-2H3,(H,18,21). The Labute approximate surface area is 132 Å². The molecule has 5 heteroatoms. The lowest BCUT2D eigenvalue weighted by molar-refractivity contribution is -0.136. The summed E-state index contributed by atoms with van der Waals surface area (Å²) in [7, 11) is 2.08. The number of piperazine rings is 1. The van der Waals surface area contributed by atoms with Crippen LogP contribution in [0.5, 0.6) is 0 Å². The Balaban J connectivity index is 2.00. The molecule has 0 radical (unpaired) electrons. The van der Waals surface area contributed by atoms with E-state index in [0.717, 1.165) is 26.1 Å². The zero-order valence-corrected chi connectivity index (χ0v) is 13.4. The quantitative estimate of drug-likeness (QED) is 0.879. The van der Waals surface area contributed by atoms with Crippen LogP contribution in [0.15, 0.2) is 30.3 Å². The molecule has 1 fully saturated rings. The fourth-order valence-corrected chi connectivity index (χ4v) is 2.80. The Kier molecular flexibility index (Phi) is 5.95. The number of carbonyl (C=O) groups is 2. The molecule has 0 saturated carbocycles. The van der Waals surface area contributed by atoms with E-state index in [1.807, 2.05) is 23.1 Å². The second kappa shape index (κ2) is 7.94. The maximum absolute atomic E-state index is 12.4. The molecule has 1 aromatic carbocycles. The maximum Gasteiger partial charge on any atom is 0.242 e. The third-order valence-electron chi connectivity index (χ3n) is 4.08. The van der Waals surface area contributed by atoms with Gasteiger partial charge in [0.1, 0.15) is 0 Å². The molecule has 1 N–H and O–H groups in total. The Morgan fingerprint density at radius 3 is 2.64 bits per heavy atom. The number of amides is 2. The van der Waals surface area contributed by atoms with Gasteiger partial charge in [-0.2, -0.15) is 0 Å². The molecule has 120 valence electrons. The summed E-state index contributed by atoms with van der Waals surface area (Å²) in [5.74, 6) is -0.0714. The Morgan fingerprint density at radius 1 is 1.23 bits per heavy atom. The minimum Gasteiger partial charge on any atom is -0.347 e. The van der Waals surface area contributed by atoms with Gasteiger partial charge in [0, 0.05) is 32.1 Å². The summed E-state index contributed by atoms with van der Waals surface area (Å²) in [6, 6.07) is 10.4. The normalized spacial score (nSPS) is 19.0. The minimum atomic E-state index is -0.0814. The molecule has 1 heterocycles. The number of nitrogens with zero attached hydrogens (tertiary/aromatic N) is 2. The third kappa shape index (κ3) is 4.56. The van der Waals surface area contributed by atoms with Crippen molar-refractivity contribution < 1.29 is 9.59 Å². The largest absolute Gasteiger partial charge is 0.347 e. The molecule has 0 aliphatic carbocycles. The zero-order valence-electron chi connectivity index (χ0n) is 13.4. The molecule has 2 amide bonds. The molecule has 1 unspecified atom stereocenters. The molecule has 2 rings (SSSR count). The highest BCUT2D eigenvalue weighted by Crippen LogP contribution is 2.14. The van der Waals surface area contributed by atoms with Gasteiger partial charge in [-0.05, 0) is 19.0 Å². The van der Waals surface area contributed by atoms with Crippen molar-refractivity contribution in [2.24, 2.45) is 0 Å². The summed E-state index contributed by atoms with van der Waals surface area (Å²) in [6.07, 6.45) is 1.25. The van der Waals surface area contributed by atoms with Gasteiger partial charge in [0.05, 0.1) is 6.54 Å². The van der Waals surface area contributed by atoms with Crippen molar-refractivity contribution in [1.82, 2.24) is 15.1 Å². The summed E-state index contributed by atoms with van der Waals surface area (Å²) >= 11 is 0. The molecule has 1 aromatic rings. The van der Waals surface area contributed by atoms with E-state index in [1.54, 1.807) is 6.92 Å². The smallest absolute Gasteiger partial charge is 0.242 e. The first kappa shape index (κ1) is 16.5. The molecule has 5 nitrogen and oxygen atoms in total. The van der Waals surface area contributed by atoms with Crippen LogP contribution in [0.2, 0.25) is 0 Å². The highest BCUT2D eigenvalue weighted by Gasteiger charge is 2.28. The van der Waals surface area contributed by atoms with Gasteiger partial charge in [0.2, 0.25) is 11.8 Å². The molecular weight excluding hydrogens is 278 g/mol. The van der Waals surface area contributed by atoms with Gasteiger partial charge < -0.3 is 15.1 Å². The molecular formula is C17H25N3O2. The van der Waals surface area contributed by atoms with Crippen molar-refractivity contribution in [3.63, 3.8) is 0 Å². The lowest BCUT2D eigenvalue weighted by Crippen LogP contribution is -2.56. The molecule has 1 saturated heterocycles. The molecule has 1 atom stereocenters. The van der Waals surface area contributed by atoms with Gasteiger partial charge in [-0.3, -0.25) is 9.59 Å². The Hall–Kier alpha value is -1.88. The number of hydrogen-bond acceptors (Lipinski definition) is 3. The van der Waals surface area contributed by atoms with E-state index in [4.69, 9.17) is 0 Å². The second-order valence-corrected chi connectivity index (χ2v) is 5.82. The van der Waals surface area contributed by atoms with Crippen LogP contribution in [0, 0.1) is 0 Å². The second-order valence-electron chi connectivity index (χ2n) is 5.82. The van der Waals surface area contributed by atoms with E-state index in [9.17, 15) is 9.59 Å². The van der Waals surface area contributed by atoms with Crippen LogP contribution in [0.4, 0.5) is 0 Å². The van der Waals surface area contributed by atoms with Crippen LogP contribution in [-0.2, 0) is 16.0 Å². The van der Waals surface area contributed by atoms with E-state index in [2.05, 4.69) is 29.4 Å². The fourth-order valence-electron chi connectivity index (χ4n) is 2.80. The van der Waals surface area contributed by atoms with Crippen molar-refractivity contribution in [3.05, 3.63) is 35.9 Å². The maximum atomic E-state index is 12.4. The third-order valence-corrected chi connectivity index (χ3v) is 4.08. The predicted molar refractivity (Wildman–Crippen MR) is 86.4 cm³/mol. The van der Waals surface area contributed by atoms with E-state index >= 15 is 0 Å². The summed E-state index contributed by atoms with van der Waals surface area (Å²) in [5, 5.41) is 2.68. The molecule has 1 aliphatic rings. The first-order valence-corrected chi connectivity index (χ1v) is 7.88. The van der Waals surface area contributed by atoms with Crippen LogP contribution in [0.3, 0.4) is 0 Å². The van der Waals surface area contributed by atoms with Crippen molar-refractivity contribution in [2.75, 3.05) is 33.2 Å². The fraction of sp³-hybridized carbons (Fsp3) is 0.529. The van der Waals surface area contributed by atoms with Crippen LogP contribution in [0.1, 0.15) is 18.9 Å². The number of benzene rings is 1. The zero-order chi connectivity index (χ0) is 15.9. The number of hydrogen-bond donors (Lipinski definition) is 1.